The monoisotopic (exact) mass is 447 g/mol. The maximum absolute atomic E-state index is 12.5. The van der Waals surface area contributed by atoms with E-state index in [4.69, 9.17) is 18.9 Å². The third-order valence-corrected chi connectivity index (χ3v) is 5.16. The Morgan fingerprint density at radius 3 is 2.21 bits per heavy atom. The highest BCUT2D eigenvalue weighted by Gasteiger charge is 2.12. The Labute approximate surface area is 194 Å². The molecule has 0 aliphatic carbocycles. The SMILES string of the molecule is COc1cccc(C(=O)CCNc2ccccc2/C=C\c2cc(OC)c(OC)c(OC)c2)c1. The van der Waals surface area contributed by atoms with Crippen molar-refractivity contribution < 1.29 is 23.7 Å². The van der Waals surface area contributed by atoms with Crippen molar-refractivity contribution in [3.05, 3.63) is 77.4 Å². The van der Waals surface area contributed by atoms with Crippen molar-refractivity contribution in [3.63, 3.8) is 0 Å². The molecule has 172 valence electrons. The van der Waals surface area contributed by atoms with Crippen LogP contribution in [0, 0.1) is 0 Å². The third-order valence-electron chi connectivity index (χ3n) is 5.16. The topological polar surface area (TPSA) is 66.0 Å². The Morgan fingerprint density at radius 1 is 0.818 bits per heavy atom. The van der Waals surface area contributed by atoms with Gasteiger partial charge in [-0.3, -0.25) is 4.79 Å². The highest BCUT2D eigenvalue weighted by Crippen LogP contribution is 2.38. The molecule has 0 saturated carbocycles. The van der Waals surface area contributed by atoms with Gasteiger partial charge in [-0.2, -0.15) is 0 Å². The van der Waals surface area contributed by atoms with E-state index in [2.05, 4.69) is 5.32 Å². The van der Waals surface area contributed by atoms with E-state index in [1.54, 1.807) is 40.6 Å². The van der Waals surface area contributed by atoms with Gasteiger partial charge in [0.25, 0.3) is 0 Å². The lowest BCUT2D eigenvalue weighted by molar-refractivity contribution is 0.0986. The molecule has 0 heterocycles. The Balaban J connectivity index is 1.70. The number of ether oxygens (including phenoxy) is 4. The van der Waals surface area contributed by atoms with Crippen LogP contribution in [0.2, 0.25) is 0 Å². The first-order valence-corrected chi connectivity index (χ1v) is 10.6. The van der Waals surface area contributed by atoms with Crippen molar-refractivity contribution in [1.82, 2.24) is 0 Å². The van der Waals surface area contributed by atoms with Gasteiger partial charge in [-0.1, -0.05) is 42.5 Å². The lowest BCUT2D eigenvalue weighted by atomic mass is 10.1. The first-order valence-electron chi connectivity index (χ1n) is 10.6. The first kappa shape index (κ1) is 23.7. The molecule has 0 radical (unpaired) electrons. The zero-order chi connectivity index (χ0) is 23.6. The fourth-order valence-electron chi connectivity index (χ4n) is 3.44. The minimum atomic E-state index is 0.0619. The minimum absolute atomic E-state index is 0.0619. The van der Waals surface area contributed by atoms with Crippen LogP contribution in [0.25, 0.3) is 12.2 Å². The molecular formula is C27H29NO5. The molecule has 0 aliphatic heterocycles. The van der Waals surface area contributed by atoms with Gasteiger partial charge >= 0.3 is 0 Å². The van der Waals surface area contributed by atoms with E-state index in [1.807, 2.05) is 60.7 Å². The van der Waals surface area contributed by atoms with E-state index in [1.165, 1.54) is 0 Å². The summed E-state index contributed by atoms with van der Waals surface area (Å²) in [6.07, 6.45) is 4.36. The highest BCUT2D eigenvalue weighted by atomic mass is 16.5. The van der Waals surface area contributed by atoms with Crippen LogP contribution in [0.4, 0.5) is 5.69 Å². The number of hydrogen-bond donors (Lipinski definition) is 1. The molecule has 1 N–H and O–H groups in total. The molecule has 0 fully saturated rings. The van der Waals surface area contributed by atoms with Gasteiger partial charge in [-0.05, 0) is 41.5 Å². The zero-order valence-electron chi connectivity index (χ0n) is 19.4. The van der Waals surface area contributed by atoms with Gasteiger partial charge < -0.3 is 24.3 Å². The third kappa shape index (κ3) is 6.07. The smallest absolute Gasteiger partial charge is 0.203 e. The average molecular weight is 448 g/mol. The number of nitrogens with one attached hydrogen (secondary N) is 1. The second kappa shape index (κ2) is 11.6. The quantitative estimate of drug-likeness (QED) is 0.306. The Hall–Kier alpha value is -3.93. The molecule has 0 saturated heterocycles. The summed E-state index contributed by atoms with van der Waals surface area (Å²) in [4.78, 5) is 12.5. The van der Waals surface area contributed by atoms with E-state index in [0.717, 1.165) is 16.8 Å². The van der Waals surface area contributed by atoms with Gasteiger partial charge in [0, 0.05) is 24.2 Å². The number of ketones is 1. The predicted octanol–water partition coefficient (Wildman–Crippen LogP) is 5.58. The van der Waals surface area contributed by atoms with Crippen molar-refractivity contribution in [2.75, 3.05) is 40.3 Å². The Kier molecular flexibility index (Phi) is 8.36. The van der Waals surface area contributed by atoms with Crippen LogP contribution in [0.3, 0.4) is 0 Å². The van der Waals surface area contributed by atoms with Crippen molar-refractivity contribution in [2.24, 2.45) is 0 Å². The van der Waals surface area contributed by atoms with Crippen LogP contribution in [-0.2, 0) is 0 Å². The normalized spacial score (nSPS) is 10.7. The summed E-state index contributed by atoms with van der Waals surface area (Å²) in [5.74, 6) is 2.49. The number of rotatable bonds is 11. The van der Waals surface area contributed by atoms with E-state index < -0.39 is 0 Å². The van der Waals surface area contributed by atoms with Crippen molar-refractivity contribution >= 4 is 23.6 Å². The molecule has 3 aromatic rings. The van der Waals surface area contributed by atoms with Gasteiger partial charge in [0.2, 0.25) is 5.75 Å². The van der Waals surface area contributed by atoms with Gasteiger partial charge in [0.15, 0.2) is 17.3 Å². The predicted molar refractivity (Wildman–Crippen MR) is 132 cm³/mol. The Morgan fingerprint density at radius 2 is 1.55 bits per heavy atom. The van der Waals surface area contributed by atoms with Crippen LogP contribution in [0.15, 0.2) is 60.7 Å². The van der Waals surface area contributed by atoms with Gasteiger partial charge in [-0.25, -0.2) is 0 Å². The molecule has 33 heavy (non-hydrogen) atoms. The van der Waals surface area contributed by atoms with Crippen LogP contribution >= 0.6 is 0 Å². The molecule has 3 rings (SSSR count). The van der Waals surface area contributed by atoms with E-state index >= 15 is 0 Å². The molecular weight excluding hydrogens is 418 g/mol. The fourth-order valence-corrected chi connectivity index (χ4v) is 3.44. The van der Waals surface area contributed by atoms with Crippen molar-refractivity contribution in [1.29, 1.82) is 0 Å². The van der Waals surface area contributed by atoms with Gasteiger partial charge in [-0.15, -0.1) is 0 Å². The average Bonchev–Trinajstić information content (AvgIpc) is 2.87. The van der Waals surface area contributed by atoms with E-state index in [0.29, 0.717) is 41.5 Å². The second-order valence-corrected chi connectivity index (χ2v) is 7.21. The maximum atomic E-state index is 12.5. The molecule has 6 heteroatoms. The summed E-state index contributed by atoms with van der Waals surface area (Å²) in [5.41, 5.74) is 3.50. The van der Waals surface area contributed by atoms with Crippen LogP contribution in [0.1, 0.15) is 27.9 Å². The number of methoxy groups -OCH3 is 4. The summed E-state index contributed by atoms with van der Waals surface area (Å²) >= 11 is 0. The number of anilines is 1. The highest BCUT2D eigenvalue weighted by molar-refractivity contribution is 5.96. The fraction of sp³-hybridized carbons (Fsp3) is 0.222. The lowest BCUT2D eigenvalue weighted by Gasteiger charge is -2.13. The van der Waals surface area contributed by atoms with E-state index in [9.17, 15) is 4.79 Å². The van der Waals surface area contributed by atoms with Crippen LogP contribution < -0.4 is 24.3 Å². The molecule has 0 amide bonds. The molecule has 0 unspecified atom stereocenters. The molecule has 6 nitrogen and oxygen atoms in total. The summed E-state index contributed by atoms with van der Waals surface area (Å²) in [5, 5.41) is 3.37. The zero-order valence-corrected chi connectivity index (χ0v) is 19.4. The Bertz CT molecular complexity index is 1100. The lowest BCUT2D eigenvalue weighted by Crippen LogP contribution is -2.09. The number of hydrogen-bond acceptors (Lipinski definition) is 6. The standard InChI is InChI=1S/C27H29NO5/c1-30-22-10-7-9-21(18-22)24(29)14-15-28-23-11-6-5-8-20(23)13-12-19-16-25(31-2)27(33-4)26(17-19)32-3/h5-13,16-18,28H,14-15H2,1-4H3/b13-12-. The van der Waals surface area contributed by atoms with Gasteiger partial charge in [0.1, 0.15) is 5.75 Å². The van der Waals surface area contributed by atoms with Crippen LogP contribution in [0.5, 0.6) is 23.0 Å². The number of benzene rings is 3. The minimum Gasteiger partial charge on any atom is -0.497 e. The van der Waals surface area contributed by atoms with Crippen molar-refractivity contribution in [2.45, 2.75) is 6.42 Å². The number of carbonyl (C=O) groups excluding carboxylic acids is 1. The molecule has 3 aromatic carbocycles. The summed E-state index contributed by atoms with van der Waals surface area (Å²) < 4.78 is 21.4. The number of para-hydroxylation sites is 1. The van der Waals surface area contributed by atoms with Crippen LogP contribution in [-0.4, -0.2) is 40.8 Å². The summed E-state index contributed by atoms with van der Waals surface area (Å²) in [7, 11) is 6.36. The van der Waals surface area contributed by atoms with Gasteiger partial charge in [0.05, 0.1) is 28.4 Å². The maximum Gasteiger partial charge on any atom is 0.203 e. The molecule has 0 bridgehead atoms. The molecule has 0 aliphatic rings. The number of carbonyl (C=O) groups is 1. The molecule has 0 spiro atoms. The molecule has 0 atom stereocenters. The van der Waals surface area contributed by atoms with E-state index in [-0.39, 0.29) is 5.78 Å². The summed E-state index contributed by atoms with van der Waals surface area (Å²) in [6, 6.07) is 18.9. The molecule has 0 aromatic heterocycles. The number of Topliss-reactive ketones (excluding diaryl/α,β-unsaturated/α-hetero) is 1. The van der Waals surface area contributed by atoms with Crippen molar-refractivity contribution in [3.8, 4) is 23.0 Å². The largest absolute Gasteiger partial charge is 0.497 e. The second-order valence-electron chi connectivity index (χ2n) is 7.21. The first-order chi connectivity index (χ1) is 16.1. The summed E-state index contributed by atoms with van der Waals surface area (Å²) in [6.45, 7) is 0.519.